The number of hydrogen-bond acceptors (Lipinski definition) is 4. The molecular weight excluding hydrogens is 402 g/mol. The Labute approximate surface area is 190 Å². The summed E-state index contributed by atoms with van der Waals surface area (Å²) in [4.78, 5) is 20.8. The molecule has 2 aromatic rings. The number of carbonyl (C=O) groups is 1. The third-order valence-corrected chi connectivity index (χ3v) is 6.10. The van der Waals surface area contributed by atoms with Gasteiger partial charge in [0.1, 0.15) is 12.3 Å². The molecule has 32 heavy (non-hydrogen) atoms. The maximum absolute atomic E-state index is 12.2. The van der Waals surface area contributed by atoms with Gasteiger partial charge in [0.05, 0.1) is 12.6 Å². The lowest BCUT2D eigenvalue weighted by Gasteiger charge is -2.35. The molecule has 7 heteroatoms. The number of para-hydroxylation sites is 2. The van der Waals surface area contributed by atoms with Crippen molar-refractivity contribution < 1.29 is 9.53 Å². The molecule has 2 aromatic carbocycles. The normalized spacial score (nSPS) is 19.0. The van der Waals surface area contributed by atoms with Gasteiger partial charge in [0, 0.05) is 50.9 Å². The zero-order chi connectivity index (χ0) is 22.3. The molecule has 0 aromatic heterocycles. The molecular formula is C25H33N5O2. The van der Waals surface area contributed by atoms with Crippen LogP contribution in [0.1, 0.15) is 30.9 Å². The molecule has 1 unspecified atom stereocenters. The Hall–Kier alpha value is -3.22. The van der Waals surface area contributed by atoms with Crippen LogP contribution in [0.2, 0.25) is 0 Å². The van der Waals surface area contributed by atoms with Crippen LogP contribution >= 0.6 is 0 Å². The van der Waals surface area contributed by atoms with Crippen LogP contribution in [0.25, 0.3) is 0 Å². The van der Waals surface area contributed by atoms with Crippen LogP contribution in [0.3, 0.4) is 0 Å². The van der Waals surface area contributed by atoms with Crippen molar-refractivity contribution in [1.82, 2.24) is 15.5 Å². The number of nitrogens with one attached hydrogen (secondary N) is 2. The van der Waals surface area contributed by atoms with Gasteiger partial charge in [-0.2, -0.15) is 0 Å². The van der Waals surface area contributed by atoms with E-state index in [9.17, 15) is 4.79 Å². The Morgan fingerprint density at radius 2 is 1.75 bits per heavy atom. The summed E-state index contributed by atoms with van der Waals surface area (Å²) < 4.78 is 5.80. The van der Waals surface area contributed by atoms with E-state index in [1.807, 2.05) is 18.2 Å². The molecule has 4 rings (SSSR count). The number of benzene rings is 2. The molecule has 2 N–H and O–H groups in total. The first-order valence-electron chi connectivity index (χ1n) is 11.4. The molecule has 2 heterocycles. The van der Waals surface area contributed by atoms with E-state index < -0.39 is 0 Å². The topological polar surface area (TPSA) is 69.2 Å². The third-order valence-electron chi connectivity index (χ3n) is 6.10. The minimum Gasteiger partial charge on any atom is -0.493 e. The number of fused-ring (bicyclic) bond motifs is 1. The minimum absolute atomic E-state index is 0.0163. The lowest BCUT2D eigenvalue weighted by molar-refractivity contribution is -0.127. The number of carbonyl (C=O) groups excluding carboxylic acids is 1. The van der Waals surface area contributed by atoms with E-state index in [1.54, 1.807) is 19.0 Å². The number of nitrogens with zero attached hydrogens (tertiary/aromatic N) is 3. The van der Waals surface area contributed by atoms with Crippen LogP contribution in [-0.4, -0.2) is 63.1 Å². The molecule has 0 aliphatic carbocycles. The SMILES string of the molecule is CN(C)C(=O)CN=C(NC1CCN(c2ccccc2)CC1)NC1CCOc2ccccc21. The van der Waals surface area contributed by atoms with Crippen molar-refractivity contribution in [2.24, 2.45) is 4.99 Å². The standard InChI is InChI=1S/C25H33N5O2/c1-29(2)24(31)18-26-25(28-22-14-17-32-23-11-7-6-10-21(22)23)27-19-12-15-30(16-13-19)20-8-4-3-5-9-20/h3-11,19,22H,12-18H2,1-2H3,(H2,26,27,28). The summed E-state index contributed by atoms with van der Waals surface area (Å²) in [5, 5.41) is 7.17. The van der Waals surface area contributed by atoms with Crippen molar-refractivity contribution >= 4 is 17.6 Å². The summed E-state index contributed by atoms with van der Waals surface area (Å²) in [5.74, 6) is 1.59. The Morgan fingerprint density at radius 3 is 2.50 bits per heavy atom. The van der Waals surface area contributed by atoms with Crippen LogP contribution in [-0.2, 0) is 4.79 Å². The second kappa shape index (κ2) is 10.4. The highest BCUT2D eigenvalue weighted by molar-refractivity contribution is 5.85. The second-order valence-electron chi connectivity index (χ2n) is 8.57. The monoisotopic (exact) mass is 435 g/mol. The van der Waals surface area contributed by atoms with Crippen LogP contribution in [0.4, 0.5) is 5.69 Å². The van der Waals surface area contributed by atoms with E-state index in [0.29, 0.717) is 18.6 Å². The van der Waals surface area contributed by atoms with E-state index in [0.717, 1.165) is 43.7 Å². The molecule has 1 amide bonds. The van der Waals surface area contributed by atoms with Crippen molar-refractivity contribution in [3.63, 3.8) is 0 Å². The summed E-state index contributed by atoms with van der Waals surface area (Å²) in [7, 11) is 3.51. The number of aliphatic imine (C=N–C) groups is 1. The fraction of sp³-hybridized carbons (Fsp3) is 0.440. The van der Waals surface area contributed by atoms with Gasteiger partial charge in [-0.1, -0.05) is 36.4 Å². The largest absolute Gasteiger partial charge is 0.493 e. The van der Waals surface area contributed by atoms with Crippen LogP contribution in [0, 0.1) is 0 Å². The molecule has 170 valence electrons. The molecule has 2 aliphatic heterocycles. The Bertz CT molecular complexity index is 923. The van der Waals surface area contributed by atoms with E-state index in [2.05, 4.69) is 56.9 Å². The highest BCUT2D eigenvalue weighted by Crippen LogP contribution is 2.31. The predicted molar refractivity (Wildman–Crippen MR) is 128 cm³/mol. The van der Waals surface area contributed by atoms with Gasteiger partial charge in [0.25, 0.3) is 0 Å². The number of anilines is 1. The average molecular weight is 436 g/mol. The van der Waals surface area contributed by atoms with Crippen molar-refractivity contribution in [2.45, 2.75) is 31.3 Å². The van der Waals surface area contributed by atoms with Gasteiger partial charge in [0.2, 0.25) is 5.91 Å². The van der Waals surface area contributed by atoms with Gasteiger partial charge in [-0.25, -0.2) is 4.99 Å². The first kappa shape index (κ1) is 22.0. The van der Waals surface area contributed by atoms with Gasteiger partial charge < -0.3 is 25.2 Å². The Balaban J connectivity index is 1.42. The molecule has 0 spiro atoms. The maximum Gasteiger partial charge on any atom is 0.243 e. The number of ether oxygens (including phenoxy) is 1. The second-order valence-corrected chi connectivity index (χ2v) is 8.57. The maximum atomic E-state index is 12.2. The fourth-order valence-electron chi connectivity index (χ4n) is 4.19. The number of amides is 1. The molecule has 1 fully saturated rings. The Kier molecular flexibility index (Phi) is 7.14. The summed E-state index contributed by atoms with van der Waals surface area (Å²) in [5.41, 5.74) is 2.40. The quantitative estimate of drug-likeness (QED) is 0.558. The molecule has 1 saturated heterocycles. The number of piperidine rings is 1. The molecule has 7 nitrogen and oxygen atoms in total. The minimum atomic E-state index is -0.0163. The van der Waals surface area contributed by atoms with Gasteiger partial charge in [-0.05, 0) is 31.0 Å². The molecule has 1 atom stereocenters. The first-order chi connectivity index (χ1) is 15.6. The molecule has 0 saturated carbocycles. The molecule has 0 bridgehead atoms. The van der Waals surface area contributed by atoms with Gasteiger partial charge in [-0.15, -0.1) is 0 Å². The zero-order valence-electron chi connectivity index (χ0n) is 19.0. The fourth-order valence-corrected chi connectivity index (χ4v) is 4.19. The predicted octanol–water partition coefficient (Wildman–Crippen LogP) is 2.80. The molecule has 0 radical (unpaired) electrons. The van der Waals surface area contributed by atoms with E-state index in [1.165, 1.54) is 5.69 Å². The summed E-state index contributed by atoms with van der Waals surface area (Å²) in [6, 6.07) is 19.1. The van der Waals surface area contributed by atoms with Crippen molar-refractivity contribution in [1.29, 1.82) is 0 Å². The van der Waals surface area contributed by atoms with Crippen LogP contribution in [0.15, 0.2) is 59.6 Å². The van der Waals surface area contributed by atoms with Crippen molar-refractivity contribution in [3.8, 4) is 5.75 Å². The number of likely N-dealkylation sites (N-methyl/N-ethyl adjacent to an activating group) is 1. The van der Waals surface area contributed by atoms with Crippen LogP contribution < -0.4 is 20.3 Å². The summed E-state index contributed by atoms with van der Waals surface area (Å²) in [6.07, 6.45) is 2.88. The van der Waals surface area contributed by atoms with Crippen molar-refractivity contribution in [3.05, 3.63) is 60.2 Å². The van der Waals surface area contributed by atoms with E-state index in [4.69, 9.17) is 4.74 Å². The zero-order valence-corrected chi connectivity index (χ0v) is 19.0. The highest BCUT2D eigenvalue weighted by Gasteiger charge is 2.25. The average Bonchev–Trinajstić information content (AvgIpc) is 2.83. The lowest BCUT2D eigenvalue weighted by Crippen LogP contribution is -2.50. The summed E-state index contributed by atoms with van der Waals surface area (Å²) >= 11 is 0. The third kappa shape index (κ3) is 5.52. The van der Waals surface area contributed by atoms with Gasteiger partial charge >= 0.3 is 0 Å². The van der Waals surface area contributed by atoms with Crippen LogP contribution in [0.5, 0.6) is 5.75 Å². The van der Waals surface area contributed by atoms with Gasteiger partial charge in [0.15, 0.2) is 5.96 Å². The van der Waals surface area contributed by atoms with E-state index >= 15 is 0 Å². The number of guanidine groups is 1. The number of hydrogen-bond donors (Lipinski definition) is 2. The number of rotatable bonds is 5. The summed E-state index contributed by atoms with van der Waals surface area (Å²) in [6.45, 7) is 2.77. The smallest absolute Gasteiger partial charge is 0.243 e. The highest BCUT2D eigenvalue weighted by atomic mass is 16.5. The molecule has 2 aliphatic rings. The van der Waals surface area contributed by atoms with Crippen molar-refractivity contribution in [2.75, 3.05) is 45.2 Å². The lowest BCUT2D eigenvalue weighted by atomic mass is 10.0. The van der Waals surface area contributed by atoms with E-state index in [-0.39, 0.29) is 18.5 Å². The van der Waals surface area contributed by atoms with Gasteiger partial charge in [-0.3, -0.25) is 4.79 Å². The Morgan fingerprint density at radius 1 is 1.03 bits per heavy atom. The first-order valence-corrected chi connectivity index (χ1v) is 11.4.